The molecule has 1 aliphatic rings. The van der Waals surface area contributed by atoms with Crippen LogP contribution in [0.25, 0.3) is 0 Å². The van der Waals surface area contributed by atoms with Crippen molar-refractivity contribution in [3.63, 3.8) is 0 Å². The first-order chi connectivity index (χ1) is 12.0. The fourth-order valence-corrected chi connectivity index (χ4v) is 2.59. The van der Waals surface area contributed by atoms with Crippen molar-refractivity contribution in [2.75, 3.05) is 6.61 Å². The van der Waals surface area contributed by atoms with E-state index < -0.39 is 49.0 Å². The van der Waals surface area contributed by atoms with Gasteiger partial charge in [-0.15, -0.1) is 0 Å². The predicted molar refractivity (Wildman–Crippen MR) is 88.5 cm³/mol. The molecule has 9 heteroatoms. The van der Waals surface area contributed by atoms with Crippen LogP contribution in [-0.2, 0) is 11.2 Å². The Hall–Kier alpha value is -1.46. The number of phenols is 1. The third-order valence-electron chi connectivity index (χ3n) is 4.36. The van der Waals surface area contributed by atoms with E-state index in [1.54, 1.807) is 0 Å². The molecule has 2 rings (SSSR count). The SMILES string of the molecule is CC(C)(O)[C@@H](O)Cc1cc(O)ccc1O[C@@H]1O[C@@H](CO)[C@@H](O)[C@@H](O)[C@H]1O. The van der Waals surface area contributed by atoms with Crippen LogP contribution in [-0.4, -0.2) is 84.8 Å². The largest absolute Gasteiger partial charge is 0.508 e. The van der Waals surface area contributed by atoms with E-state index in [9.17, 15) is 35.7 Å². The Morgan fingerprint density at radius 3 is 2.38 bits per heavy atom. The van der Waals surface area contributed by atoms with Crippen LogP contribution in [0.3, 0.4) is 0 Å². The number of aromatic hydroxyl groups is 1. The van der Waals surface area contributed by atoms with E-state index in [0.717, 1.165) is 0 Å². The number of hydrogen-bond acceptors (Lipinski definition) is 9. The molecule has 0 aliphatic carbocycles. The van der Waals surface area contributed by atoms with Gasteiger partial charge in [-0.2, -0.15) is 0 Å². The minimum absolute atomic E-state index is 0.0648. The van der Waals surface area contributed by atoms with Crippen LogP contribution in [0.1, 0.15) is 19.4 Å². The number of hydrogen-bond donors (Lipinski definition) is 7. The Bertz CT molecular complexity index is 598. The van der Waals surface area contributed by atoms with Gasteiger partial charge in [0, 0.05) is 12.0 Å². The molecule has 0 amide bonds. The van der Waals surface area contributed by atoms with Gasteiger partial charge in [-0.3, -0.25) is 0 Å². The summed E-state index contributed by atoms with van der Waals surface area (Å²) in [5.74, 6) is 0.0412. The molecule has 1 saturated heterocycles. The molecule has 7 N–H and O–H groups in total. The summed E-state index contributed by atoms with van der Waals surface area (Å²) in [6.07, 6.45) is -8.44. The van der Waals surface area contributed by atoms with Gasteiger partial charge in [-0.25, -0.2) is 0 Å². The lowest BCUT2D eigenvalue weighted by atomic mass is 9.94. The lowest BCUT2D eigenvalue weighted by molar-refractivity contribution is -0.277. The maximum Gasteiger partial charge on any atom is 0.229 e. The quantitative estimate of drug-likeness (QED) is 0.306. The summed E-state index contributed by atoms with van der Waals surface area (Å²) >= 11 is 0. The first-order valence-electron chi connectivity index (χ1n) is 8.24. The van der Waals surface area contributed by atoms with E-state index in [4.69, 9.17) is 9.47 Å². The van der Waals surface area contributed by atoms with Gasteiger partial charge in [0.15, 0.2) is 0 Å². The van der Waals surface area contributed by atoms with Crippen molar-refractivity contribution < 1.29 is 45.2 Å². The predicted octanol–water partition coefficient (Wildman–Crippen LogP) is -1.75. The molecule has 9 nitrogen and oxygen atoms in total. The van der Waals surface area contributed by atoms with Crippen molar-refractivity contribution >= 4 is 0 Å². The summed E-state index contributed by atoms with van der Waals surface area (Å²) < 4.78 is 10.8. The fourth-order valence-electron chi connectivity index (χ4n) is 2.59. The summed E-state index contributed by atoms with van der Waals surface area (Å²) in [4.78, 5) is 0. The minimum Gasteiger partial charge on any atom is -0.508 e. The van der Waals surface area contributed by atoms with Gasteiger partial charge < -0.3 is 45.2 Å². The summed E-state index contributed by atoms with van der Waals surface area (Å²) in [7, 11) is 0. The van der Waals surface area contributed by atoms with Crippen LogP contribution in [0.2, 0.25) is 0 Å². The zero-order valence-electron chi connectivity index (χ0n) is 14.6. The minimum atomic E-state index is -1.59. The van der Waals surface area contributed by atoms with Gasteiger partial charge >= 0.3 is 0 Å². The maximum atomic E-state index is 10.1. The molecule has 148 valence electrons. The monoisotopic (exact) mass is 374 g/mol. The highest BCUT2D eigenvalue weighted by molar-refractivity contribution is 5.40. The Labute approximate surface area is 150 Å². The zero-order chi connectivity index (χ0) is 19.6. The summed E-state index contributed by atoms with van der Waals surface area (Å²) in [6.45, 7) is 2.27. The third kappa shape index (κ3) is 4.63. The third-order valence-corrected chi connectivity index (χ3v) is 4.36. The zero-order valence-corrected chi connectivity index (χ0v) is 14.6. The molecule has 0 bridgehead atoms. The van der Waals surface area contributed by atoms with Gasteiger partial charge in [0.25, 0.3) is 0 Å². The summed E-state index contributed by atoms with van der Waals surface area (Å²) in [6, 6.07) is 4.02. The average molecular weight is 374 g/mol. The van der Waals surface area contributed by atoms with Crippen LogP contribution in [0.5, 0.6) is 11.5 Å². The molecule has 1 aromatic carbocycles. The van der Waals surface area contributed by atoms with Gasteiger partial charge in [-0.05, 0) is 32.0 Å². The number of rotatable bonds is 6. The fraction of sp³-hybridized carbons (Fsp3) is 0.647. The average Bonchev–Trinajstić information content (AvgIpc) is 2.56. The molecule has 6 atom stereocenters. The van der Waals surface area contributed by atoms with Crippen LogP contribution in [0.15, 0.2) is 18.2 Å². The van der Waals surface area contributed by atoms with Crippen molar-refractivity contribution in [3.05, 3.63) is 23.8 Å². The first kappa shape index (κ1) is 20.8. The van der Waals surface area contributed by atoms with E-state index in [1.165, 1.54) is 32.0 Å². The van der Waals surface area contributed by atoms with Crippen LogP contribution in [0, 0.1) is 0 Å². The van der Waals surface area contributed by atoms with E-state index in [1.807, 2.05) is 0 Å². The molecule has 0 unspecified atom stereocenters. The van der Waals surface area contributed by atoms with Crippen molar-refractivity contribution in [3.8, 4) is 11.5 Å². The second kappa shape index (κ2) is 8.05. The molecule has 0 aromatic heterocycles. The Kier molecular flexibility index (Phi) is 6.46. The molecule has 0 radical (unpaired) electrons. The normalized spacial score (nSPS) is 30.8. The standard InChI is InChI=1S/C17H26O9/c1-17(2,24)12(20)6-8-5-9(19)3-4-10(8)25-16-15(23)14(22)13(21)11(7-18)26-16/h3-5,11-16,18-24H,6-7H2,1-2H3/t11-,12-,13+,14+,15+,16+/m0/s1. The second-order valence-electron chi connectivity index (χ2n) is 6.98. The molecule has 1 fully saturated rings. The van der Waals surface area contributed by atoms with Gasteiger partial charge in [-0.1, -0.05) is 0 Å². The van der Waals surface area contributed by atoms with Crippen LogP contribution >= 0.6 is 0 Å². The highest BCUT2D eigenvalue weighted by atomic mass is 16.7. The maximum absolute atomic E-state index is 10.1. The second-order valence-corrected chi connectivity index (χ2v) is 6.98. The van der Waals surface area contributed by atoms with Crippen molar-refractivity contribution in [1.29, 1.82) is 0 Å². The molecular formula is C17H26O9. The summed E-state index contributed by atoms with van der Waals surface area (Å²) in [5.41, 5.74) is -1.07. The highest BCUT2D eigenvalue weighted by Crippen LogP contribution is 2.30. The lowest BCUT2D eigenvalue weighted by Crippen LogP contribution is -2.60. The van der Waals surface area contributed by atoms with Gasteiger partial charge in [0.05, 0.1) is 18.3 Å². The molecule has 1 aromatic rings. The van der Waals surface area contributed by atoms with Gasteiger partial charge in [0.2, 0.25) is 6.29 Å². The number of aliphatic hydroxyl groups is 6. The first-order valence-corrected chi connectivity index (χ1v) is 8.24. The lowest BCUT2D eigenvalue weighted by Gasteiger charge is -2.39. The molecule has 26 heavy (non-hydrogen) atoms. The molecular weight excluding hydrogens is 348 g/mol. The number of ether oxygens (including phenoxy) is 2. The topological polar surface area (TPSA) is 160 Å². The molecule has 1 aliphatic heterocycles. The van der Waals surface area contributed by atoms with E-state index in [0.29, 0.717) is 5.56 Å². The van der Waals surface area contributed by atoms with Crippen molar-refractivity contribution in [2.45, 2.75) is 62.7 Å². The Balaban J connectivity index is 2.23. The van der Waals surface area contributed by atoms with Crippen LogP contribution in [0.4, 0.5) is 0 Å². The number of benzene rings is 1. The van der Waals surface area contributed by atoms with E-state index in [2.05, 4.69) is 0 Å². The van der Waals surface area contributed by atoms with Gasteiger partial charge in [0.1, 0.15) is 35.9 Å². The van der Waals surface area contributed by atoms with E-state index >= 15 is 0 Å². The molecule has 0 saturated carbocycles. The number of aliphatic hydroxyl groups excluding tert-OH is 5. The van der Waals surface area contributed by atoms with E-state index in [-0.39, 0.29) is 17.9 Å². The highest BCUT2D eigenvalue weighted by Gasteiger charge is 2.45. The Morgan fingerprint density at radius 1 is 1.15 bits per heavy atom. The summed E-state index contributed by atoms with van der Waals surface area (Å²) in [5, 5.41) is 68.6. The Morgan fingerprint density at radius 2 is 1.81 bits per heavy atom. The van der Waals surface area contributed by atoms with Crippen molar-refractivity contribution in [1.82, 2.24) is 0 Å². The smallest absolute Gasteiger partial charge is 0.229 e. The molecule has 1 heterocycles. The van der Waals surface area contributed by atoms with Crippen molar-refractivity contribution in [2.24, 2.45) is 0 Å². The van der Waals surface area contributed by atoms with Crippen LogP contribution < -0.4 is 4.74 Å². The number of phenolic OH excluding ortho intramolecular Hbond substituents is 1. The molecule has 0 spiro atoms.